The Morgan fingerprint density at radius 1 is 1.12 bits per heavy atom. The standard InChI is InChI=1S/C20H28N4O2/c1-4-16-8-10-17(11-9-16)15-24(3)20(21-5-2)23-13-12-22-19(25)18-7-6-14-26-18/h6-11,14H,4-5,12-13,15H2,1-3H3,(H,21,23)(H,22,25). The van der Waals surface area contributed by atoms with Gasteiger partial charge < -0.3 is 20.0 Å². The lowest BCUT2D eigenvalue weighted by atomic mass is 10.1. The van der Waals surface area contributed by atoms with E-state index in [-0.39, 0.29) is 5.91 Å². The molecule has 0 aliphatic heterocycles. The molecule has 6 heteroatoms. The van der Waals surface area contributed by atoms with Crippen molar-refractivity contribution in [3.05, 3.63) is 59.5 Å². The monoisotopic (exact) mass is 356 g/mol. The van der Waals surface area contributed by atoms with E-state index in [1.165, 1.54) is 17.4 Å². The summed E-state index contributed by atoms with van der Waals surface area (Å²) in [5, 5.41) is 6.08. The summed E-state index contributed by atoms with van der Waals surface area (Å²) >= 11 is 0. The van der Waals surface area contributed by atoms with Gasteiger partial charge in [-0.15, -0.1) is 0 Å². The van der Waals surface area contributed by atoms with E-state index in [0.29, 0.717) is 18.8 Å². The molecule has 0 saturated carbocycles. The average molecular weight is 356 g/mol. The molecule has 1 amide bonds. The fraction of sp³-hybridized carbons (Fsp3) is 0.400. The van der Waals surface area contributed by atoms with Crippen LogP contribution in [0.1, 0.15) is 35.5 Å². The minimum Gasteiger partial charge on any atom is -0.459 e. The summed E-state index contributed by atoms with van der Waals surface area (Å²) in [6.07, 6.45) is 2.53. The molecule has 140 valence electrons. The molecule has 0 spiro atoms. The van der Waals surface area contributed by atoms with Crippen molar-refractivity contribution < 1.29 is 9.21 Å². The smallest absolute Gasteiger partial charge is 0.287 e. The van der Waals surface area contributed by atoms with Crippen molar-refractivity contribution in [1.82, 2.24) is 15.5 Å². The van der Waals surface area contributed by atoms with E-state index in [2.05, 4.69) is 51.7 Å². The van der Waals surface area contributed by atoms with Crippen molar-refractivity contribution >= 4 is 11.9 Å². The molecule has 1 heterocycles. The fourth-order valence-electron chi connectivity index (χ4n) is 2.52. The number of nitrogens with one attached hydrogen (secondary N) is 2. The lowest BCUT2D eigenvalue weighted by Gasteiger charge is -2.22. The number of benzene rings is 1. The van der Waals surface area contributed by atoms with Crippen LogP contribution >= 0.6 is 0 Å². The number of hydrogen-bond acceptors (Lipinski definition) is 3. The second-order valence-electron chi connectivity index (χ2n) is 5.99. The number of furan rings is 1. The van der Waals surface area contributed by atoms with E-state index in [9.17, 15) is 4.79 Å². The molecule has 2 aromatic rings. The molecule has 0 aliphatic carbocycles. The summed E-state index contributed by atoms with van der Waals surface area (Å²) in [7, 11) is 2.01. The zero-order chi connectivity index (χ0) is 18.8. The number of guanidine groups is 1. The molecule has 6 nitrogen and oxygen atoms in total. The van der Waals surface area contributed by atoms with Gasteiger partial charge in [-0.25, -0.2) is 0 Å². The molecule has 0 bridgehead atoms. The summed E-state index contributed by atoms with van der Waals surface area (Å²) in [4.78, 5) is 18.5. The minimum absolute atomic E-state index is 0.223. The Kier molecular flexibility index (Phi) is 7.74. The molecule has 0 fully saturated rings. The van der Waals surface area contributed by atoms with Gasteiger partial charge in [0.15, 0.2) is 11.7 Å². The molecule has 1 aromatic heterocycles. The average Bonchev–Trinajstić information content (AvgIpc) is 3.19. The van der Waals surface area contributed by atoms with Gasteiger partial charge in [0.25, 0.3) is 5.91 Å². The van der Waals surface area contributed by atoms with Crippen molar-refractivity contribution in [2.24, 2.45) is 4.99 Å². The van der Waals surface area contributed by atoms with Gasteiger partial charge in [-0.05, 0) is 36.6 Å². The first kappa shape index (κ1) is 19.6. The highest BCUT2D eigenvalue weighted by atomic mass is 16.3. The predicted molar refractivity (Wildman–Crippen MR) is 104 cm³/mol. The molecule has 0 atom stereocenters. The molecular weight excluding hydrogens is 328 g/mol. The maximum atomic E-state index is 11.8. The summed E-state index contributed by atoms with van der Waals surface area (Å²) in [5.74, 6) is 0.910. The molecule has 0 unspecified atom stereocenters. The number of rotatable bonds is 8. The Labute approximate surface area is 155 Å². The summed E-state index contributed by atoms with van der Waals surface area (Å²) in [6.45, 7) is 6.70. The van der Waals surface area contributed by atoms with Crippen LogP contribution in [-0.2, 0) is 13.0 Å². The van der Waals surface area contributed by atoms with Gasteiger partial charge in [0.2, 0.25) is 0 Å². The molecule has 0 aliphatic rings. The molecular formula is C20H28N4O2. The molecule has 2 N–H and O–H groups in total. The van der Waals surface area contributed by atoms with Crippen LogP contribution in [0.4, 0.5) is 0 Å². The van der Waals surface area contributed by atoms with Crippen molar-refractivity contribution in [3.63, 3.8) is 0 Å². The third kappa shape index (κ3) is 5.95. The van der Waals surface area contributed by atoms with Gasteiger partial charge in [0, 0.05) is 26.7 Å². The third-order valence-corrected chi connectivity index (χ3v) is 3.95. The number of carbonyl (C=O) groups is 1. The van der Waals surface area contributed by atoms with Crippen LogP contribution < -0.4 is 10.6 Å². The Bertz CT molecular complexity index is 693. The van der Waals surface area contributed by atoms with E-state index >= 15 is 0 Å². The topological polar surface area (TPSA) is 69.9 Å². The van der Waals surface area contributed by atoms with Crippen molar-refractivity contribution in [3.8, 4) is 0 Å². The number of aliphatic imine (C=N–C) groups is 1. The van der Waals surface area contributed by atoms with Crippen LogP contribution in [0.5, 0.6) is 0 Å². The van der Waals surface area contributed by atoms with Crippen molar-refractivity contribution in [2.45, 2.75) is 26.8 Å². The normalized spacial score (nSPS) is 11.3. The van der Waals surface area contributed by atoms with Crippen LogP contribution in [0.3, 0.4) is 0 Å². The number of carbonyl (C=O) groups excluding carboxylic acids is 1. The largest absolute Gasteiger partial charge is 0.459 e. The van der Waals surface area contributed by atoms with Crippen molar-refractivity contribution in [1.29, 1.82) is 0 Å². The zero-order valence-electron chi connectivity index (χ0n) is 15.8. The third-order valence-electron chi connectivity index (χ3n) is 3.95. The molecule has 0 radical (unpaired) electrons. The van der Waals surface area contributed by atoms with Gasteiger partial charge in [-0.3, -0.25) is 9.79 Å². The van der Waals surface area contributed by atoms with Crippen LogP contribution in [0.15, 0.2) is 52.1 Å². The van der Waals surface area contributed by atoms with Gasteiger partial charge >= 0.3 is 0 Å². The number of amides is 1. The van der Waals surface area contributed by atoms with Gasteiger partial charge in [-0.1, -0.05) is 31.2 Å². The van der Waals surface area contributed by atoms with Gasteiger partial charge in [-0.2, -0.15) is 0 Å². The zero-order valence-corrected chi connectivity index (χ0v) is 15.8. The SMILES string of the molecule is CCNC(=NCCNC(=O)c1ccco1)N(C)Cc1ccc(CC)cc1. The lowest BCUT2D eigenvalue weighted by Crippen LogP contribution is -2.39. The fourth-order valence-corrected chi connectivity index (χ4v) is 2.52. The Morgan fingerprint density at radius 3 is 2.46 bits per heavy atom. The van der Waals surface area contributed by atoms with Crippen LogP contribution in [0.2, 0.25) is 0 Å². The number of aryl methyl sites for hydroxylation is 1. The highest BCUT2D eigenvalue weighted by Crippen LogP contribution is 2.07. The van der Waals surface area contributed by atoms with Crippen LogP contribution in [0.25, 0.3) is 0 Å². The van der Waals surface area contributed by atoms with E-state index in [4.69, 9.17) is 4.42 Å². The first-order valence-electron chi connectivity index (χ1n) is 9.03. The number of nitrogens with zero attached hydrogens (tertiary/aromatic N) is 2. The quantitative estimate of drug-likeness (QED) is 0.433. The first-order valence-corrected chi connectivity index (χ1v) is 9.03. The predicted octanol–water partition coefficient (Wildman–Crippen LogP) is 2.67. The number of hydrogen-bond donors (Lipinski definition) is 2. The van der Waals surface area contributed by atoms with Crippen LogP contribution in [0, 0.1) is 0 Å². The van der Waals surface area contributed by atoms with E-state index in [1.807, 2.05) is 14.0 Å². The second kappa shape index (κ2) is 10.3. The summed E-state index contributed by atoms with van der Waals surface area (Å²) in [6, 6.07) is 12.0. The second-order valence-corrected chi connectivity index (χ2v) is 5.99. The summed E-state index contributed by atoms with van der Waals surface area (Å²) < 4.78 is 5.06. The molecule has 2 rings (SSSR count). The lowest BCUT2D eigenvalue weighted by molar-refractivity contribution is 0.0927. The van der Waals surface area contributed by atoms with E-state index in [0.717, 1.165) is 25.5 Å². The van der Waals surface area contributed by atoms with Gasteiger partial charge in [0.1, 0.15) is 0 Å². The minimum atomic E-state index is -0.223. The van der Waals surface area contributed by atoms with Crippen LogP contribution in [-0.4, -0.2) is 43.4 Å². The summed E-state index contributed by atoms with van der Waals surface area (Å²) in [5.41, 5.74) is 2.57. The maximum Gasteiger partial charge on any atom is 0.287 e. The highest BCUT2D eigenvalue weighted by Gasteiger charge is 2.08. The first-order chi connectivity index (χ1) is 12.6. The molecule has 0 saturated heterocycles. The Balaban J connectivity index is 1.86. The Hall–Kier alpha value is -2.76. The van der Waals surface area contributed by atoms with Gasteiger partial charge in [0.05, 0.1) is 12.8 Å². The highest BCUT2D eigenvalue weighted by molar-refractivity contribution is 5.91. The van der Waals surface area contributed by atoms with E-state index in [1.54, 1.807) is 12.1 Å². The Morgan fingerprint density at radius 2 is 1.85 bits per heavy atom. The molecule has 1 aromatic carbocycles. The molecule has 26 heavy (non-hydrogen) atoms. The van der Waals surface area contributed by atoms with Crippen molar-refractivity contribution in [2.75, 3.05) is 26.7 Å². The van der Waals surface area contributed by atoms with E-state index < -0.39 is 0 Å². The maximum absolute atomic E-state index is 11.8.